The molecule has 0 aliphatic rings. The molecule has 1 aromatic rings. The molecule has 1 aromatic carbocycles. The van der Waals surface area contributed by atoms with Crippen LogP contribution in [0.1, 0.15) is 52.5 Å². The number of anilines is 1. The largest absolute Gasteiger partial charge is 0.399 e. The summed E-state index contributed by atoms with van der Waals surface area (Å²) < 4.78 is 0. The monoisotopic (exact) mass is 219 g/mol. The minimum absolute atomic E-state index is 0.371. The molecule has 90 valence electrons. The molecular weight excluding hydrogens is 194 g/mol. The van der Waals surface area contributed by atoms with E-state index in [9.17, 15) is 0 Å². The quantitative estimate of drug-likeness (QED) is 0.747. The number of hydrogen-bond acceptors (Lipinski definition) is 1. The number of benzene rings is 1. The Labute approximate surface area is 100 Å². The highest BCUT2D eigenvalue weighted by atomic mass is 14.5. The van der Waals surface area contributed by atoms with E-state index in [2.05, 4.69) is 46.8 Å². The fourth-order valence-electron chi connectivity index (χ4n) is 2.14. The maximum Gasteiger partial charge on any atom is 0.0314 e. The standard InChI is InChI=1S/C15H25N/c1-11(2)14(10-15(3,4)5)12-6-8-13(16)9-7-12/h6-9,11,14H,10,16H2,1-5H3. The molecular formula is C15H25N. The van der Waals surface area contributed by atoms with Crippen LogP contribution in [0.4, 0.5) is 5.69 Å². The summed E-state index contributed by atoms with van der Waals surface area (Å²) in [6, 6.07) is 8.36. The van der Waals surface area contributed by atoms with Gasteiger partial charge in [-0.2, -0.15) is 0 Å². The summed E-state index contributed by atoms with van der Waals surface area (Å²) in [5.74, 6) is 1.29. The fraction of sp³-hybridized carbons (Fsp3) is 0.600. The van der Waals surface area contributed by atoms with Crippen molar-refractivity contribution in [1.29, 1.82) is 0 Å². The summed E-state index contributed by atoms with van der Waals surface area (Å²) in [6.07, 6.45) is 1.22. The molecule has 0 radical (unpaired) electrons. The van der Waals surface area contributed by atoms with Crippen molar-refractivity contribution in [3.05, 3.63) is 29.8 Å². The molecule has 1 atom stereocenters. The zero-order valence-electron chi connectivity index (χ0n) is 11.2. The smallest absolute Gasteiger partial charge is 0.0314 e. The molecule has 0 heterocycles. The molecule has 0 spiro atoms. The predicted molar refractivity (Wildman–Crippen MR) is 72.5 cm³/mol. The van der Waals surface area contributed by atoms with Gasteiger partial charge in [-0.25, -0.2) is 0 Å². The van der Waals surface area contributed by atoms with Gasteiger partial charge in [0.05, 0.1) is 0 Å². The summed E-state index contributed by atoms with van der Waals surface area (Å²) in [6.45, 7) is 11.5. The van der Waals surface area contributed by atoms with Crippen LogP contribution in [-0.2, 0) is 0 Å². The molecule has 0 aliphatic heterocycles. The van der Waals surface area contributed by atoms with Gasteiger partial charge in [0.25, 0.3) is 0 Å². The number of nitrogen functional groups attached to an aromatic ring is 1. The molecule has 0 saturated carbocycles. The Hall–Kier alpha value is -0.980. The van der Waals surface area contributed by atoms with Crippen molar-refractivity contribution >= 4 is 5.69 Å². The van der Waals surface area contributed by atoms with Gasteiger partial charge in [0.2, 0.25) is 0 Å². The first-order valence-corrected chi connectivity index (χ1v) is 6.15. The van der Waals surface area contributed by atoms with Crippen molar-refractivity contribution in [3.63, 3.8) is 0 Å². The van der Waals surface area contributed by atoms with E-state index in [1.54, 1.807) is 0 Å². The van der Waals surface area contributed by atoms with Gasteiger partial charge >= 0.3 is 0 Å². The van der Waals surface area contributed by atoms with Gasteiger partial charge in [0, 0.05) is 5.69 Å². The molecule has 0 fully saturated rings. The molecule has 0 amide bonds. The Morgan fingerprint density at radius 1 is 1.06 bits per heavy atom. The number of rotatable bonds is 3. The van der Waals surface area contributed by atoms with Gasteiger partial charge < -0.3 is 5.73 Å². The van der Waals surface area contributed by atoms with E-state index in [1.165, 1.54) is 12.0 Å². The fourth-order valence-corrected chi connectivity index (χ4v) is 2.14. The maximum absolute atomic E-state index is 5.73. The Bertz CT molecular complexity index is 316. The van der Waals surface area contributed by atoms with E-state index in [4.69, 9.17) is 5.73 Å². The van der Waals surface area contributed by atoms with E-state index >= 15 is 0 Å². The summed E-state index contributed by atoms with van der Waals surface area (Å²) in [4.78, 5) is 0. The lowest BCUT2D eigenvalue weighted by atomic mass is 9.76. The third-order valence-electron chi connectivity index (χ3n) is 3.00. The molecule has 0 saturated heterocycles. The van der Waals surface area contributed by atoms with Crippen LogP contribution < -0.4 is 5.73 Å². The van der Waals surface area contributed by atoms with Crippen molar-refractivity contribution in [2.24, 2.45) is 11.3 Å². The minimum atomic E-state index is 0.371. The average molecular weight is 219 g/mol. The van der Waals surface area contributed by atoms with E-state index in [0.717, 1.165) is 5.69 Å². The summed E-state index contributed by atoms with van der Waals surface area (Å²) in [5.41, 5.74) is 8.37. The Kier molecular flexibility index (Phi) is 4.01. The summed E-state index contributed by atoms with van der Waals surface area (Å²) in [5, 5.41) is 0. The molecule has 0 bridgehead atoms. The summed E-state index contributed by atoms with van der Waals surface area (Å²) in [7, 11) is 0. The highest BCUT2D eigenvalue weighted by molar-refractivity contribution is 5.40. The lowest BCUT2D eigenvalue weighted by Gasteiger charge is -2.29. The molecule has 0 aliphatic carbocycles. The normalized spacial score (nSPS) is 14.1. The van der Waals surface area contributed by atoms with Crippen molar-refractivity contribution < 1.29 is 0 Å². The zero-order chi connectivity index (χ0) is 12.3. The lowest BCUT2D eigenvalue weighted by molar-refractivity contribution is 0.301. The van der Waals surface area contributed by atoms with Gasteiger partial charge in [0.1, 0.15) is 0 Å². The molecule has 1 heteroatoms. The molecule has 1 unspecified atom stereocenters. The molecule has 1 rings (SSSR count). The minimum Gasteiger partial charge on any atom is -0.399 e. The Morgan fingerprint density at radius 2 is 1.56 bits per heavy atom. The van der Waals surface area contributed by atoms with Gasteiger partial charge in [-0.3, -0.25) is 0 Å². The van der Waals surface area contributed by atoms with Crippen LogP contribution in [-0.4, -0.2) is 0 Å². The second kappa shape index (κ2) is 4.90. The van der Waals surface area contributed by atoms with Crippen LogP contribution in [0.3, 0.4) is 0 Å². The highest BCUT2D eigenvalue weighted by Crippen LogP contribution is 2.36. The first-order valence-electron chi connectivity index (χ1n) is 6.15. The highest BCUT2D eigenvalue weighted by Gasteiger charge is 2.22. The topological polar surface area (TPSA) is 26.0 Å². The second-order valence-corrected chi connectivity index (χ2v) is 6.28. The van der Waals surface area contributed by atoms with E-state index in [-0.39, 0.29) is 0 Å². The first kappa shape index (κ1) is 13.1. The zero-order valence-corrected chi connectivity index (χ0v) is 11.2. The Balaban J connectivity index is 2.90. The van der Waals surface area contributed by atoms with Crippen LogP contribution in [0.2, 0.25) is 0 Å². The van der Waals surface area contributed by atoms with Crippen LogP contribution in [0.25, 0.3) is 0 Å². The van der Waals surface area contributed by atoms with E-state index in [0.29, 0.717) is 17.3 Å². The van der Waals surface area contributed by atoms with Crippen LogP contribution >= 0.6 is 0 Å². The molecule has 0 aromatic heterocycles. The third kappa shape index (κ3) is 3.88. The first-order chi connectivity index (χ1) is 7.29. The maximum atomic E-state index is 5.73. The predicted octanol–water partition coefficient (Wildman–Crippen LogP) is 4.44. The van der Waals surface area contributed by atoms with Crippen molar-refractivity contribution in [3.8, 4) is 0 Å². The van der Waals surface area contributed by atoms with Gasteiger partial charge in [-0.1, -0.05) is 46.8 Å². The third-order valence-corrected chi connectivity index (χ3v) is 3.00. The lowest BCUT2D eigenvalue weighted by Crippen LogP contribution is -2.16. The molecule has 2 N–H and O–H groups in total. The molecule has 1 nitrogen and oxygen atoms in total. The van der Waals surface area contributed by atoms with Crippen LogP contribution in [0, 0.1) is 11.3 Å². The van der Waals surface area contributed by atoms with Gasteiger partial charge in [-0.15, -0.1) is 0 Å². The summed E-state index contributed by atoms with van der Waals surface area (Å²) >= 11 is 0. The van der Waals surface area contributed by atoms with E-state index in [1.807, 2.05) is 12.1 Å². The molecule has 16 heavy (non-hydrogen) atoms. The SMILES string of the molecule is CC(C)C(CC(C)(C)C)c1ccc(N)cc1. The van der Waals surface area contributed by atoms with Crippen LogP contribution in [0.5, 0.6) is 0 Å². The number of nitrogens with two attached hydrogens (primary N) is 1. The van der Waals surface area contributed by atoms with Gasteiger partial charge in [0.15, 0.2) is 0 Å². The second-order valence-electron chi connectivity index (χ2n) is 6.28. The van der Waals surface area contributed by atoms with Crippen molar-refractivity contribution in [2.45, 2.75) is 47.0 Å². The van der Waals surface area contributed by atoms with Crippen molar-refractivity contribution in [2.75, 3.05) is 5.73 Å². The van der Waals surface area contributed by atoms with Crippen LogP contribution in [0.15, 0.2) is 24.3 Å². The van der Waals surface area contributed by atoms with Gasteiger partial charge in [-0.05, 0) is 41.4 Å². The number of hydrogen-bond donors (Lipinski definition) is 1. The van der Waals surface area contributed by atoms with E-state index < -0.39 is 0 Å². The van der Waals surface area contributed by atoms with Crippen molar-refractivity contribution in [1.82, 2.24) is 0 Å². The Morgan fingerprint density at radius 3 is 1.94 bits per heavy atom. The average Bonchev–Trinajstić information content (AvgIpc) is 2.14.